The summed E-state index contributed by atoms with van der Waals surface area (Å²) in [7, 11) is 0. The Morgan fingerprint density at radius 3 is 2.58 bits per heavy atom. The van der Waals surface area contributed by atoms with Crippen molar-refractivity contribution in [2.45, 2.75) is 26.3 Å². The molecular weight excluding hydrogens is 249 g/mol. The van der Waals surface area contributed by atoms with Crippen LogP contribution in [-0.4, -0.2) is 31.8 Å². The molecule has 0 aliphatic rings. The number of carbonyl (C=O) groups is 1. The fourth-order valence-corrected chi connectivity index (χ4v) is 1.62. The first-order valence-electron chi connectivity index (χ1n) is 6.45. The summed E-state index contributed by atoms with van der Waals surface area (Å²) >= 11 is 0. The van der Waals surface area contributed by atoms with Crippen LogP contribution in [0.3, 0.4) is 0 Å². The van der Waals surface area contributed by atoms with Crippen LogP contribution in [0.5, 0.6) is 5.75 Å². The molecule has 1 aromatic carbocycles. The van der Waals surface area contributed by atoms with Gasteiger partial charge in [-0.05, 0) is 37.7 Å². The summed E-state index contributed by atoms with van der Waals surface area (Å²) in [6, 6.07) is 5.42. The topological polar surface area (TPSA) is 47.6 Å². The van der Waals surface area contributed by atoms with Gasteiger partial charge in [0.05, 0.1) is 13.2 Å². The van der Waals surface area contributed by atoms with Gasteiger partial charge in [0.1, 0.15) is 17.6 Å². The zero-order chi connectivity index (χ0) is 14.1. The Morgan fingerprint density at radius 1 is 1.32 bits per heavy atom. The summed E-state index contributed by atoms with van der Waals surface area (Å²) < 4.78 is 23.1. The molecule has 0 aliphatic carbocycles. The molecule has 19 heavy (non-hydrogen) atoms. The van der Waals surface area contributed by atoms with Crippen molar-refractivity contribution in [2.24, 2.45) is 0 Å². The average Bonchev–Trinajstić information content (AvgIpc) is 2.40. The summed E-state index contributed by atoms with van der Waals surface area (Å²) in [6.07, 6.45) is 0.504. The number of likely N-dealkylation sites (N-methyl/N-ethyl adjacent to an activating group) is 1. The molecule has 0 spiro atoms. The van der Waals surface area contributed by atoms with E-state index in [1.54, 1.807) is 19.1 Å². The lowest BCUT2D eigenvalue weighted by molar-refractivity contribution is -0.146. The minimum absolute atomic E-state index is 0.271. The molecule has 0 saturated carbocycles. The second kappa shape index (κ2) is 8.48. The molecule has 106 valence electrons. The molecule has 1 atom stereocenters. The predicted molar refractivity (Wildman–Crippen MR) is 70.6 cm³/mol. The van der Waals surface area contributed by atoms with E-state index < -0.39 is 0 Å². The van der Waals surface area contributed by atoms with Crippen molar-refractivity contribution >= 4 is 5.97 Å². The summed E-state index contributed by atoms with van der Waals surface area (Å²) in [6.45, 7) is 5.10. The fraction of sp³-hybridized carbons (Fsp3) is 0.500. The Balaban J connectivity index is 2.39. The zero-order valence-corrected chi connectivity index (χ0v) is 11.3. The highest BCUT2D eigenvalue weighted by Gasteiger charge is 2.18. The van der Waals surface area contributed by atoms with Gasteiger partial charge in [0, 0.05) is 6.42 Å². The van der Waals surface area contributed by atoms with Crippen molar-refractivity contribution in [3.63, 3.8) is 0 Å². The van der Waals surface area contributed by atoms with Gasteiger partial charge in [-0.25, -0.2) is 4.39 Å². The largest absolute Gasteiger partial charge is 0.494 e. The second-order valence-electron chi connectivity index (χ2n) is 3.95. The van der Waals surface area contributed by atoms with Gasteiger partial charge < -0.3 is 14.8 Å². The molecular formula is C14H20FNO3. The fourth-order valence-electron chi connectivity index (χ4n) is 1.62. The van der Waals surface area contributed by atoms with Gasteiger partial charge >= 0.3 is 5.97 Å². The maximum Gasteiger partial charge on any atom is 0.323 e. The zero-order valence-electron chi connectivity index (χ0n) is 11.3. The number of ether oxygens (including phenoxy) is 2. The highest BCUT2D eigenvalue weighted by molar-refractivity contribution is 5.75. The maximum atomic E-state index is 12.7. The SMILES string of the molecule is CCNC(CCOc1ccc(F)cc1)C(=O)OCC. The number of nitrogens with one attached hydrogen (secondary N) is 1. The first kappa shape index (κ1) is 15.4. The van der Waals surface area contributed by atoms with Crippen molar-refractivity contribution in [3.8, 4) is 5.75 Å². The quantitative estimate of drug-likeness (QED) is 0.734. The smallest absolute Gasteiger partial charge is 0.323 e. The third-order valence-electron chi connectivity index (χ3n) is 2.51. The number of rotatable bonds is 8. The van der Waals surface area contributed by atoms with Crippen LogP contribution < -0.4 is 10.1 Å². The molecule has 0 amide bonds. The highest BCUT2D eigenvalue weighted by atomic mass is 19.1. The van der Waals surface area contributed by atoms with E-state index in [1.165, 1.54) is 12.1 Å². The molecule has 1 rings (SSSR count). The van der Waals surface area contributed by atoms with Gasteiger partial charge in [0.25, 0.3) is 0 Å². The molecule has 4 nitrogen and oxygen atoms in total. The van der Waals surface area contributed by atoms with E-state index in [2.05, 4.69) is 5.32 Å². The highest BCUT2D eigenvalue weighted by Crippen LogP contribution is 2.11. The van der Waals surface area contributed by atoms with Crippen molar-refractivity contribution < 1.29 is 18.7 Å². The van der Waals surface area contributed by atoms with Crippen molar-refractivity contribution in [1.29, 1.82) is 0 Å². The van der Waals surface area contributed by atoms with E-state index in [1.807, 2.05) is 6.92 Å². The van der Waals surface area contributed by atoms with Crippen LogP contribution in [0.15, 0.2) is 24.3 Å². The van der Waals surface area contributed by atoms with Crippen LogP contribution in [0.4, 0.5) is 4.39 Å². The molecule has 1 N–H and O–H groups in total. The Morgan fingerprint density at radius 2 is 2.00 bits per heavy atom. The summed E-state index contributed by atoms with van der Waals surface area (Å²) in [5.74, 6) is 0.0111. The summed E-state index contributed by atoms with van der Waals surface area (Å²) in [5, 5.41) is 3.05. The lowest BCUT2D eigenvalue weighted by Gasteiger charge is -2.16. The monoisotopic (exact) mass is 269 g/mol. The van der Waals surface area contributed by atoms with Crippen LogP contribution in [0, 0.1) is 5.82 Å². The van der Waals surface area contributed by atoms with Crippen LogP contribution >= 0.6 is 0 Å². The molecule has 5 heteroatoms. The van der Waals surface area contributed by atoms with E-state index in [-0.39, 0.29) is 17.8 Å². The van der Waals surface area contributed by atoms with Crippen molar-refractivity contribution in [2.75, 3.05) is 19.8 Å². The third-order valence-corrected chi connectivity index (χ3v) is 2.51. The standard InChI is InChI=1S/C14H20FNO3/c1-3-16-13(14(17)18-4-2)9-10-19-12-7-5-11(15)6-8-12/h5-8,13,16H,3-4,9-10H2,1-2H3. The number of esters is 1. The molecule has 1 aromatic rings. The van der Waals surface area contributed by atoms with E-state index in [0.29, 0.717) is 31.9 Å². The van der Waals surface area contributed by atoms with Crippen LogP contribution in [0.2, 0.25) is 0 Å². The Hall–Kier alpha value is -1.62. The molecule has 0 saturated heterocycles. The van der Waals surface area contributed by atoms with Crippen LogP contribution in [0.1, 0.15) is 20.3 Å². The van der Waals surface area contributed by atoms with Gasteiger partial charge in [-0.3, -0.25) is 4.79 Å². The van der Waals surface area contributed by atoms with Gasteiger partial charge in [0.2, 0.25) is 0 Å². The average molecular weight is 269 g/mol. The Kier molecular flexibility index (Phi) is 6.89. The minimum Gasteiger partial charge on any atom is -0.494 e. The van der Waals surface area contributed by atoms with E-state index in [9.17, 15) is 9.18 Å². The van der Waals surface area contributed by atoms with Crippen LogP contribution in [0.25, 0.3) is 0 Å². The molecule has 0 heterocycles. The Labute approximate surface area is 112 Å². The number of hydrogen-bond donors (Lipinski definition) is 1. The van der Waals surface area contributed by atoms with Gasteiger partial charge in [-0.1, -0.05) is 6.92 Å². The molecule has 0 fully saturated rings. The maximum absolute atomic E-state index is 12.7. The number of carbonyl (C=O) groups excluding carboxylic acids is 1. The normalized spacial score (nSPS) is 11.9. The minimum atomic E-state index is -0.370. The lowest BCUT2D eigenvalue weighted by Crippen LogP contribution is -2.39. The predicted octanol–water partition coefficient (Wildman–Crippen LogP) is 2.14. The van der Waals surface area contributed by atoms with Gasteiger partial charge in [-0.2, -0.15) is 0 Å². The second-order valence-corrected chi connectivity index (χ2v) is 3.95. The number of benzene rings is 1. The van der Waals surface area contributed by atoms with E-state index >= 15 is 0 Å². The third kappa shape index (κ3) is 5.70. The van der Waals surface area contributed by atoms with Crippen molar-refractivity contribution in [3.05, 3.63) is 30.1 Å². The molecule has 0 bridgehead atoms. The summed E-state index contributed by atoms with van der Waals surface area (Å²) in [5.41, 5.74) is 0. The Bertz CT molecular complexity index is 381. The van der Waals surface area contributed by atoms with E-state index in [4.69, 9.17) is 9.47 Å². The molecule has 0 aliphatic heterocycles. The number of halogens is 1. The molecule has 0 aromatic heterocycles. The summed E-state index contributed by atoms with van der Waals surface area (Å²) in [4.78, 5) is 11.6. The first-order chi connectivity index (χ1) is 9.17. The van der Waals surface area contributed by atoms with Crippen molar-refractivity contribution in [1.82, 2.24) is 5.32 Å². The van der Waals surface area contributed by atoms with Gasteiger partial charge in [0.15, 0.2) is 0 Å². The lowest BCUT2D eigenvalue weighted by atomic mass is 10.2. The van der Waals surface area contributed by atoms with Crippen LogP contribution in [-0.2, 0) is 9.53 Å². The first-order valence-corrected chi connectivity index (χ1v) is 6.45. The van der Waals surface area contributed by atoms with Gasteiger partial charge in [-0.15, -0.1) is 0 Å². The molecule has 1 unspecified atom stereocenters. The number of hydrogen-bond acceptors (Lipinski definition) is 4. The van der Waals surface area contributed by atoms with E-state index in [0.717, 1.165) is 0 Å². The molecule has 0 radical (unpaired) electrons.